The number of nitrogens with zero attached hydrogens (tertiary/aromatic N) is 3. The molecule has 1 aliphatic heterocycles. The van der Waals surface area contributed by atoms with Gasteiger partial charge in [0.2, 0.25) is 5.91 Å². The number of hydrogen-bond donors (Lipinski definition) is 1. The Bertz CT molecular complexity index is 387. The minimum Gasteiger partial charge on any atom is -0.379 e. The van der Waals surface area contributed by atoms with Gasteiger partial charge in [-0.15, -0.1) is 0 Å². The number of amides is 1. The van der Waals surface area contributed by atoms with Crippen LogP contribution in [0.4, 0.5) is 0 Å². The molecule has 2 N–H and O–H groups in total. The van der Waals surface area contributed by atoms with E-state index in [1.54, 1.807) is 19.3 Å². The van der Waals surface area contributed by atoms with Crippen LogP contribution in [0.3, 0.4) is 0 Å². The van der Waals surface area contributed by atoms with Gasteiger partial charge in [-0.3, -0.25) is 9.69 Å². The molecule has 0 aliphatic carbocycles. The van der Waals surface area contributed by atoms with Gasteiger partial charge in [0.25, 0.3) is 0 Å². The topological polar surface area (TPSA) is 81.3 Å². The van der Waals surface area contributed by atoms with E-state index < -0.39 is 6.04 Å². The van der Waals surface area contributed by atoms with Crippen molar-refractivity contribution in [1.29, 1.82) is 0 Å². The van der Waals surface area contributed by atoms with Crippen LogP contribution in [0.2, 0.25) is 0 Å². The van der Waals surface area contributed by atoms with Crippen LogP contribution in [0.5, 0.6) is 0 Å². The average molecular weight is 236 g/mol. The lowest BCUT2D eigenvalue weighted by atomic mass is 10.1. The number of primary amides is 1. The summed E-state index contributed by atoms with van der Waals surface area (Å²) in [6, 6.07) is -0.459. The smallest absolute Gasteiger partial charge is 0.239 e. The van der Waals surface area contributed by atoms with Gasteiger partial charge in [-0.2, -0.15) is 0 Å². The predicted octanol–water partition coefficient (Wildman–Crippen LogP) is -0.356. The van der Waals surface area contributed by atoms with E-state index in [0.29, 0.717) is 32.1 Å². The van der Waals surface area contributed by atoms with Crippen molar-refractivity contribution in [3.63, 3.8) is 0 Å². The zero-order chi connectivity index (χ0) is 12.3. The number of nitrogens with two attached hydrogens (primary N) is 1. The van der Waals surface area contributed by atoms with Crippen molar-refractivity contribution in [2.24, 2.45) is 5.73 Å². The Labute approximate surface area is 99.8 Å². The van der Waals surface area contributed by atoms with Crippen molar-refractivity contribution in [3.05, 3.63) is 23.8 Å². The number of aromatic nitrogens is 2. The fourth-order valence-corrected chi connectivity index (χ4v) is 1.93. The molecule has 0 saturated carbocycles. The Morgan fingerprint density at radius 2 is 2.00 bits per heavy atom. The molecule has 6 nitrogen and oxygen atoms in total. The van der Waals surface area contributed by atoms with Gasteiger partial charge >= 0.3 is 0 Å². The highest BCUT2D eigenvalue weighted by Crippen LogP contribution is 2.20. The van der Waals surface area contributed by atoms with Gasteiger partial charge in [-0.1, -0.05) is 0 Å². The molecule has 1 unspecified atom stereocenters. The first-order valence-corrected chi connectivity index (χ1v) is 5.58. The van der Waals surface area contributed by atoms with Crippen LogP contribution in [0.25, 0.3) is 0 Å². The molecule has 1 aromatic rings. The molecule has 6 heteroatoms. The molecule has 1 atom stereocenters. The van der Waals surface area contributed by atoms with Crippen molar-refractivity contribution >= 4 is 5.91 Å². The van der Waals surface area contributed by atoms with Crippen LogP contribution < -0.4 is 5.73 Å². The molecule has 0 radical (unpaired) electrons. The maximum absolute atomic E-state index is 11.6. The van der Waals surface area contributed by atoms with Gasteiger partial charge in [0.1, 0.15) is 11.9 Å². The minimum absolute atomic E-state index is 0.376. The maximum atomic E-state index is 11.6. The van der Waals surface area contributed by atoms with E-state index >= 15 is 0 Å². The van der Waals surface area contributed by atoms with Gasteiger partial charge < -0.3 is 10.5 Å². The fourth-order valence-electron chi connectivity index (χ4n) is 1.93. The van der Waals surface area contributed by atoms with E-state index in [4.69, 9.17) is 10.5 Å². The molecule has 1 aromatic heterocycles. The van der Waals surface area contributed by atoms with Crippen LogP contribution in [0, 0.1) is 6.92 Å². The summed E-state index contributed by atoms with van der Waals surface area (Å²) in [6.07, 6.45) is 3.32. The van der Waals surface area contributed by atoms with E-state index in [0.717, 1.165) is 5.56 Å². The normalized spacial score (nSPS) is 18.9. The van der Waals surface area contributed by atoms with Crippen LogP contribution in [0.1, 0.15) is 17.4 Å². The lowest BCUT2D eigenvalue weighted by molar-refractivity contribution is -0.125. The summed E-state index contributed by atoms with van der Waals surface area (Å²) in [6.45, 7) is 4.44. The van der Waals surface area contributed by atoms with Crippen molar-refractivity contribution in [2.75, 3.05) is 26.3 Å². The average Bonchev–Trinajstić information content (AvgIpc) is 2.33. The molecular weight excluding hydrogens is 220 g/mol. The van der Waals surface area contributed by atoms with E-state index in [9.17, 15) is 4.79 Å². The molecular formula is C11H16N4O2. The summed E-state index contributed by atoms with van der Waals surface area (Å²) in [5.74, 6) is 0.304. The number of rotatable bonds is 3. The van der Waals surface area contributed by atoms with Gasteiger partial charge in [-0.05, 0) is 6.92 Å². The maximum Gasteiger partial charge on any atom is 0.239 e. The van der Waals surface area contributed by atoms with Crippen molar-refractivity contribution < 1.29 is 9.53 Å². The van der Waals surface area contributed by atoms with E-state index in [1.165, 1.54) is 0 Å². The first-order valence-electron chi connectivity index (χ1n) is 5.58. The Morgan fingerprint density at radius 1 is 1.41 bits per heavy atom. The summed E-state index contributed by atoms with van der Waals surface area (Å²) in [5.41, 5.74) is 6.20. The summed E-state index contributed by atoms with van der Waals surface area (Å²) < 4.78 is 5.26. The zero-order valence-corrected chi connectivity index (χ0v) is 9.80. The van der Waals surface area contributed by atoms with Gasteiger partial charge in [0.05, 0.1) is 13.2 Å². The lowest BCUT2D eigenvalue weighted by Gasteiger charge is -2.32. The second-order valence-corrected chi connectivity index (χ2v) is 4.02. The molecule has 1 saturated heterocycles. The highest BCUT2D eigenvalue weighted by molar-refractivity contribution is 5.81. The number of carbonyl (C=O) groups excluding carboxylic acids is 1. The number of carbonyl (C=O) groups is 1. The monoisotopic (exact) mass is 236 g/mol. The van der Waals surface area contributed by atoms with E-state index in [1.807, 2.05) is 4.90 Å². The second-order valence-electron chi connectivity index (χ2n) is 4.02. The number of ether oxygens (including phenoxy) is 1. The zero-order valence-electron chi connectivity index (χ0n) is 9.80. The molecule has 1 aliphatic rings. The van der Waals surface area contributed by atoms with Crippen LogP contribution in [-0.4, -0.2) is 47.1 Å². The Kier molecular flexibility index (Phi) is 3.65. The molecule has 0 aromatic carbocycles. The third-order valence-corrected chi connectivity index (χ3v) is 2.80. The molecule has 92 valence electrons. The van der Waals surface area contributed by atoms with E-state index in [2.05, 4.69) is 9.97 Å². The number of aryl methyl sites for hydroxylation is 1. The van der Waals surface area contributed by atoms with Gasteiger partial charge in [0, 0.05) is 31.0 Å². The Balaban J connectivity index is 2.21. The van der Waals surface area contributed by atoms with Crippen molar-refractivity contribution in [2.45, 2.75) is 13.0 Å². The molecule has 2 rings (SSSR count). The second kappa shape index (κ2) is 5.20. The molecule has 0 bridgehead atoms. The summed E-state index contributed by atoms with van der Waals surface area (Å²) >= 11 is 0. The van der Waals surface area contributed by atoms with Crippen LogP contribution in [0.15, 0.2) is 12.4 Å². The largest absolute Gasteiger partial charge is 0.379 e. The first kappa shape index (κ1) is 11.9. The fraction of sp³-hybridized carbons (Fsp3) is 0.545. The number of hydrogen-bond acceptors (Lipinski definition) is 5. The Morgan fingerprint density at radius 3 is 2.53 bits per heavy atom. The van der Waals surface area contributed by atoms with Crippen molar-refractivity contribution in [1.82, 2.24) is 14.9 Å². The third kappa shape index (κ3) is 2.78. The summed E-state index contributed by atoms with van der Waals surface area (Å²) in [5, 5.41) is 0. The van der Waals surface area contributed by atoms with Crippen LogP contribution in [-0.2, 0) is 9.53 Å². The highest BCUT2D eigenvalue weighted by Gasteiger charge is 2.27. The highest BCUT2D eigenvalue weighted by atomic mass is 16.5. The standard InChI is InChI=1S/C11H16N4O2/c1-8-13-6-9(7-14-8)10(11(12)16)15-2-4-17-5-3-15/h6-7,10H,2-5H2,1H3,(H2,12,16). The quantitative estimate of drug-likeness (QED) is 0.775. The molecule has 2 heterocycles. The van der Waals surface area contributed by atoms with E-state index in [-0.39, 0.29) is 5.91 Å². The molecule has 1 fully saturated rings. The summed E-state index contributed by atoms with van der Waals surface area (Å²) in [4.78, 5) is 21.8. The predicted molar refractivity (Wildman–Crippen MR) is 61.1 cm³/mol. The first-order chi connectivity index (χ1) is 8.18. The SMILES string of the molecule is Cc1ncc(C(C(N)=O)N2CCOCC2)cn1. The van der Waals surface area contributed by atoms with Gasteiger partial charge in [-0.25, -0.2) is 9.97 Å². The van der Waals surface area contributed by atoms with Crippen LogP contribution >= 0.6 is 0 Å². The molecule has 0 spiro atoms. The number of morpholine rings is 1. The third-order valence-electron chi connectivity index (χ3n) is 2.80. The van der Waals surface area contributed by atoms with Gasteiger partial charge in [0.15, 0.2) is 0 Å². The summed E-state index contributed by atoms with van der Waals surface area (Å²) in [7, 11) is 0. The molecule has 17 heavy (non-hydrogen) atoms. The van der Waals surface area contributed by atoms with Crippen molar-refractivity contribution in [3.8, 4) is 0 Å². The molecule has 1 amide bonds. The lowest BCUT2D eigenvalue weighted by Crippen LogP contribution is -2.44. The minimum atomic E-state index is -0.459. The Hall–Kier alpha value is -1.53.